The van der Waals surface area contributed by atoms with E-state index >= 15 is 0 Å². The summed E-state index contributed by atoms with van der Waals surface area (Å²) in [5, 5.41) is 0. The molecule has 0 radical (unpaired) electrons. The molecule has 1 saturated heterocycles. The Morgan fingerprint density at radius 3 is 3.07 bits per heavy atom. The number of benzene rings is 1. The van der Waals surface area contributed by atoms with Gasteiger partial charge in [0.15, 0.2) is 0 Å². The zero-order valence-electron chi connectivity index (χ0n) is 8.71. The Balaban J connectivity index is 2.05. The van der Waals surface area contributed by atoms with Crippen LogP contribution in [0.4, 0.5) is 10.1 Å². The highest BCUT2D eigenvalue weighted by Crippen LogP contribution is 2.22. The molecule has 1 aliphatic rings. The highest BCUT2D eigenvalue weighted by atomic mass is 19.1. The van der Waals surface area contributed by atoms with Crippen LogP contribution in [0.3, 0.4) is 0 Å². The Morgan fingerprint density at radius 2 is 2.33 bits per heavy atom. The Morgan fingerprint density at radius 1 is 1.47 bits per heavy atom. The van der Waals surface area contributed by atoms with E-state index in [1.54, 1.807) is 6.07 Å². The lowest BCUT2D eigenvalue weighted by molar-refractivity contribution is 0.0550. The predicted octanol–water partition coefficient (Wildman–Crippen LogP) is 2.38. The van der Waals surface area contributed by atoms with E-state index in [0.717, 1.165) is 38.0 Å². The first-order chi connectivity index (χ1) is 7.25. The van der Waals surface area contributed by atoms with Crippen molar-refractivity contribution in [3.63, 3.8) is 0 Å². The van der Waals surface area contributed by atoms with Crippen molar-refractivity contribution in [1.29, 1.82) is 0 Å². The first kappa shape index (κ1) is 10.4. The summed E-state index contributed by atoms with van der Waals surface area (Å²) in [5.74, 6) is 0.277. The molecule has 1 aromatic rings. The average molecular weight is 209 g/mol. The van der Waals surface area contributed by atoms with Crippen LogP contribution in [-0.2, 0) is 11.2 Å². The van der Waals surface area contributed by atoms with Gasteiger partial charge >= 0.3 is 0 Å². The van der Waals surface area contributed by atoms with E-state index in [-0.39, 0.29) is 5.82 Å². The summed E-state index contributed by atoms with van der Waals surface area (Å²) in [5.41, 5.74) is 7.39. The average Bonchev–Trinajstić information content (AvgIpc) is 2.25. The van der Waals surface area contributed by atoms with Gasteiger partial charge in [0.25, 0.3) is 0 Å². The molecule has 0 aliphatic carbocycles. The Hall–Kier alpha value is -1.09. The predicted molar refractivity (Wildman–Crippen MR) is 58.1 cm³/mol. The van der Waals surface area contributed by atoms with Gasteiger partial charge in [-0.2, -0.15) is 0 Å². The van der Waals surface area contributed by atoms with Gasteiger partial charge in [-0.15, -0.1) is 0 Å². The van der Waals surface area contributed by atoms with Crippen LogP contribution in [0.5, 0.6) is 0 Å². The SMILES string of the molecule is Nc1ccc(F)cc1CC1CCCOC1. The van der Waals surface area contributed by atoms with E-state index < -0.39 is 0 Å². The molecule has 2 rings (SSSR count). The smallest absolute Gasteiger partial charge is 0.123 e. The van der Waals surface area contributed by atoms with Crippen molar-refractivity contribution in [3.8, 4) is 0 Å². The van der Waals surface area contributed by atoms with E-state index in [1.165, 1.54) is 12.1 Å². The van der Waals surface area contributed by atoms with Crippen LogP contribution in [-0.4, -0.2) is 13.2 Å². The molecular formula is C12H16FNO. The lowest BCUT2D eigenvalue weighted by atomic mass is 9.93. The summed E-state index contributed by atoms with van der Waals surface area (Å²) < 4.78 is 18.4. The molecule has 1 aromatic carbocycles. The van der Waals surface area contributed by atoms with E-state index in [1.807, 2.05) is 0 Å². The third-order valence-electron chi connectivity index (χ3n) is 2.87. The first-order valence-electron chi connectivity index (χ1n) is 5.37. The van der Waals surface area contributed by atoms with Gasteiger partial charge in [-0.3, -0.25) is 0 Å². The fraction of sp³-hybridized carbons (Fsp3) is 0.500. The Bertz CT molecular complexity index is 334. The fourth-order valence-electron chi connectivity index (χ4n) is 2.03. The third-order valence-corrected chi connectivity index (χ3v) is 2.87. The summed E-state index contributed by atoms with van der Waals surface area (Å²) in [7, 11) is 0. The van der Waals surface area contributed by atoms with Gasteiger partial charge in [0.05, 0.1) is 0 Å². The topological polar surface area (TPSA) is 35.2 Å². The minimum Gasteiger partial charge on any atom is -0.399 e. The summed E-state index contributed by atoms with van der Waals surface area (Å²) in [6, 6.07) is 4.56. The second kappa shape index (κ2) is 4.62. The second-order valence-electron chi connectivity index (χ2n) is 4.13. The van der Waals surface area contributed by atoms with Crippen molar-refractivity contribution in [2.45, 2.75) is 19.3 Å². The highest BCUT2D eigenvalue weighted by molar-refractivity contribution is 5.46. The molecule has 0 saturated carbocycles. The number of nitrogen functional groups attached to an aromatic ring is 1. The van der Waals surface area contributed by atoms with Crippen LogP contribution in [0.2, 0.25) is 0 Å². The molecule has 1 heterocycles. The lowest BCUT2D eigenvalue weighted by Gasteiger charge is -2.22. The van der Waals surface area contributed by atoms with E-state index in [2.05, 4.69) is 0 Å². The number of nitrogens with two attached hydrogens (primary N) is 1. The van der Waals surface area contributed by atoms with Crippen molar-refractivity contribution in [3.05, 3.63) is 29.6 Å². The number of ether oxygens (including phenoxy) is 1. The lowest BCUT2D eigenvalue weighted by Crippen LogP contribution is -2.19. The van der Waals surface area contributed by atoms with Crippen molar-refractivity contribution < 1.29 is 9.13 Å². The minimum absolute atomic E-state index is 0.212. The van der Waals surface area contributed by atoms with Gasteiger partial charge in [-0.1, -0.05) is 0 Å². The second-order valence-corrected chi connectivity index (χ2v) is 4.13. The van der Waals surface area contributed by atoms with E-state index in [0.29, 0.717) is 11.6 Å². The monoisotopic (exact) mass is 209 g/mol. The molecule has 1 unspecified atom stereocenters. The normalized spacial score (nSPS) is 21.5. The number of hydrogen-bond acceptors (Lipinski definition) is 2. The molecule has 0 amide bonds. The number of hydrogen-bond donors (Lipinski definition) is 1. The van der Waals surface area contributed by atoms with Gasteiger partial charge in [0.1, 0.15) is 5.82 Å². The molecule has 15 heavy (non-hydrogen) atoms. The Kier molecular flexibility index (Phi) is 3.21. The van der Waals surface area contributed by atoms with Crippen molar-refractivity contribution in [2.24, 2.45) is 5.92 Å². The molecule has 1 aliphatic heterocycles. The highest BCUT2D eigenvalue weighted by Gasteiger charge is 2.15. The van der Waals surface area contributed by atoms with Gasteiger partial charge in [0.2, 0.25) is 0 Å². The maximum Gasteiger partial charge on any atom is 0.123 e. The zero-order valence-corrected chi connectivity index (χ0v) is 8.71. The summed E-state index contributed by atoms with van der Waals surface area (Å²) in [6.45, 7) is 1.63. The number of halogens is 1. The van der Waals surface area contributed by atoms with Gasteiger partial charge in [-0.25, -0.2) is 4.39 Å². The maximum absolute atomic E-state index is 13.0. The third kappa shape index (κ3) is 2.69. The van der Waals surface area contributed by atoms with Gasteiger partial charge < -0.3 is 10.5 Å². The van der Waals surface area contributed by atoms with Crippen LogP contribution in [0.15, 0.2) is 18.2 Å². The summed E-state index contributed by atoms with van der Waals surface area (Å²) in [4.78, 5) is 0. The quantitative estimate of drug-likeness (QED) is 0.759. The molecule has 2 N–H and O–H groups in total. The molecule has 0 bridgehead atoms. The Labute approximate surface area is 89.2 Å². The molecule has 1 atom stereocenters. The molecule has 82 valence electrons. The number of anilines is 1. The van der Waals surface area contributed by atoms with Crippen LogP contribution < -0.4 is 5.73 Å². The summed E-state index contributed by atoms with van der Waals surface area (Å²) >= 11 is 0. The summed E-state index contributed by atoms with van der Waals surface area (Å²) in [6.07, 6.45) is 3.07. The van der Waals surface area contributed by atoms with Crippen LogP contribution in [0.25, 0.3) is 0 Å². The minimum atomic E-state index is -0.212. The van der Waals surface area contributed by atoms with Crippen molar-refractivity contribution in [1.82, 2.24) is 0 Å². The first-order valence-corrected chi connectivity index (χ1v) is 5.37. The van der Waals surface area contributed by atoms with Gasteiger partial charge in [-0.05, 0) is 48.9 Å². The molecular weight excluding hydrogens is 193 g/mol. The number of rotatable bonds is 2. The van der Waals surface area contributed by atoms with Crippen molar-refractivity contribution >= 4 is 5.69 Å². The fourth-order valence-corrected chi connectivity index (χ4v) is 2.03. The van der Waals surface area contributed by atoms with E-state index in [9.17, 15) is 4.39 Å². The standard InChI is InChI=1S/C12H16FNO/c13-11-3-4-12(14)10(7-11)6-9-2-1-5-15-8-9/h3-4,7,9H,1-2,5-6,8,14H2. The van der Waals surface area contributed by atoms with Crippen LogP contribution in [0, 0.1) is 11.7 Å². The van der Waals surface area contributed by atoms with E-state index in [4.69, 9.17) is 10.5 Å². The molecule has 1 fully saturated rings. The largest absolute Gasteiger partial charge is 0.399 e. The maximum atomic E-state index is 13.0. The molecule has 2 nitrogen and oxygen atoms in total. The van der Waals surface area contributed by atoms with Crippen LogP contribution in [0.1, 0.15) is 18.4 Å². The zero-order chi connectivity index (χ0) is 10.7. The van der Waals surface area contributed by atoms with Gasteiger partial charge in [0, 0.05) is 18.9 Å². The molecule has 0 spiro atoms. The molecule has 3 heteroatoms. The van der Waals surface area contributed by atoms with Crippen LogP contribution >= 0.6 is 0 Å². The molecule has 0 aromatic heterocycles. The van der Waals surface area contributed by atoms with Crippen molar-refractivity contribution in [2.75, 3.05) is 18.9 Å².